The van der Waals surface area contributed by atoms with Crippen LogP contribution in [0.4, 0.5) is 0 Å². The Bertz CT molecular complexity index is 480. The van der Waals surface area contributed by atoms with E-state index in [9.17, 15) is 4.79 Å². The molecule has 0 saturated heterocycles. The van der Waals surface area contributed by atoms with E-state index in [2.05, 4.69) is 21.2 Å². The Morgan fingerprint density at radius 3 is 2.74 bits per heavy atom. The molecule has 1 unspecified atom stereocenters. The van der Waals surface area contributed by atoms with E-state index in [1.54, 1.807) is 12.1 Å². The molecule has 0 aromatic heterocycles. The van der Waals surface area contributed by atoms with Crippen molar-refractivity contribution in [2.45, 2.75) is 25.3 Å². The second kappa shape index (κ2) is 6.44. The Hall–Kier alpha value is -0.290. The van der Waals surface area contributed by atoms with E-state index in [0.717, 1.165) is 17.3 Å². The van der Waals surface area contributed by atoms with E-state index in [4.69, 9.17) is 17.3 Å². The maximum Gasteiger partial charge on any atom is 0.253 e. The predicted molar refractivity (Wildman–Crippen MR) is 84.0 cm³/mol. The molecule has 2 rings (SSSR count). The van der Waals surface area contributed by atoms with Crippen molar-refractivity contribution in [1.82, 2.24) is 5.32 Å². The van der Waals surface area contributed by atoms with Crippen molar-refractivity contribution >= 4 is 45.8 Å². The smallest absolute Gasteiger partial charge is 0.253 e. The molecule has 1 saturated carbocycles. The first-order valence-corrected chi connectivity index (χ1v) is 7.11. The third-order valence-electron chi connectivity index (χ3n) is 3.50. The summed E-state index contributed by atoms with van der Waals surface area (Å²) in [6.45, 7) is 2.43. The highest BCUT2D eigenvalue weighted by molar-refractivity contribution is 9.10. The van der Waals surface area contributed by atoms with Gasteiger partial charge in [0.2, 0.25) is 0 Å². The number of hydrogen-bond donors (Lipinski definition) is 2. The van der Waals surface area contributed by atoms with E-state index >= 15 is 0 Å². The Morgan fingerprint density at radius 2 is 2.21 bits per heavy atom. The fraction of sp³-hybridized carbons (Fsp3) is 0.462. The highest BCUT2D eigenvalue weighted by atomic mass is 79.9. The van der Waals surface area contributed by atoms with Crippen LogP contribution in [0, 0.1) is 5.92 Å². The zero-order chi connectivity index (χ0) is 13.3. The lowest BCUT2D eigenvalue weighted by Crippen LogP contribution is -2.53. The van der Waals surface area contributed by atoms with Crippen LogP contribution in [-0.2, 0) is 0 Å². The van der Waals surface area contributed by atoms with Crippen LogP contribution in [0.25, 0.3) is 0 Å². The monoisotopic (exact) mass is 366 g/mol. The van der Waals surface area contributed by atoms with Gasteiger partial charge in [-0.2, -0.15) is 0 Å². The second-order valence-corrected chi connectivity index (χ2v) is 6.18. The number of amides is 1. The van der Waals surface area contributed by atoms with Gasteiger partial charge in [0, 0.05) is 11.0 Å². The fourth-order valence-electron chi connectivity index (χ4n) is 2.05. The largest absolute Gasteiger partial charge is 0.345 e. The van der Waals surface area contributed by atoms with Gasteiger partial charge >= 0.3 is 0 Å². The summed E-state index contributed by atoms with van der Waals surface area (Å²) in [6, 6.07) is 5.32. The summed E-state index contributed by atoms with van der Waals surface area (Å²) in [6.07, 6.45) is 2.25. The van der Waals surface area contributed by atoms with Gasteiger partial charge in [-0.05, 0) is 53.7 Å². The van der Waals surface area contributed by atoms with Crippen LogP contribution >= 0.6 is 39.9 Å². The lowest BCUT2D eigenvalue weighted by atomic mass is 9.95. The normalized spacial score (nSPS) is 17.3. The first-order valence-electron chi connectivity index (χ1n) is 5.94. The van der Waals surface area contributed by atoms with Gasteiger partial charge in [-0.25, -0.2) is 0 Å². The molecule has 0 aliphatic heterocycles. The summed E-state index contributed by atoms with van der Waals surface area (Å²) in [7, 11) is 0. The lowest BCUT2D eigenvalue weighted by molar-refractivity contribution is 0.0898. The topological polar surface area (TPSA) is 55.1 Å². The quantitative estimate of drug-likeness (QED) is 0.856. The molecule has 3 nitrogen and oxygen atoms in total. The van der Waals surface area contributed by atoms with Gasteiger partial charge in [0.15, 0.2) is 0 Å². The highest BCUT2D eigenvalue weighted by Crippen LogP contribution is 2.39. The molecule has 1 aliphatic carbocycles. The van der Waals surface area contributed by atoms with Crippen molar-refractivity contribution in [2.24, 2.45) is 11.7 Å². The zero-order valence-electron chi connectivity index (χ0n) is 10.6. The molecule has 1 aromatic rings. The van der Waals surface area contributed by atoms with Gasteiger partial charge in [0.1, 0.15) is 0 Å². The van der Waals surface area contributed by atoms with E-state index in [0.29, 0.717) is 23.0 Å². The van der Waals surface area contributed by atoms with Crippen molar-refractivity contribution in [3.05, 3.63) is 33.3 Å². The number of rotatable bonds is 4. The molecule has 106 valence electrons. The summed E-state index contributed by atoms with van der Waals surface area (Å²) in [5.74, 6) is 0.318. The second-order valence-electron chi connectivity index (χ2n) is 4.95. The first-order chi connectivity index (χ1) is 8.48. The number of nitrogens with two attached hydrogens (primary N) is 1. The molecule has 6 heteroatoms. The van der Waals surface area contributed by atoms with Crippen LogP contribution in [0.15, 0.2) is 22.7 Å². The average molecular weight is 368 g/mol. The molecule has 0 spiro atoms. The molecular formula is C13H17BrCl2N2O. The van der Waals surface area contributed by atoms with Crippen molar-refractivity contribution < 1.29 is 4.79 Å². The lowest BCUT2D eigenvalue weighted by Gasteiger charge is -2.29. The summed E-state index contributed by atoms with van der Waals surface area (Å²) in [5, 5.41) is 3.46. The number of carbonyl (C=O) groups is 1. The molecule has 0 radical (unpaired) electrons. The highest BCUT2D eigenvalue weighted by Gasteiger charge is 2.41. The Morgan fingerprint density at radius 1 is 1.58 bits per heavy atom. The van der Waals surface area contributed by atoms with Crippen LogP contribution in [0.5, 0.6) is 0 Å². The Kier molecular flexibility index (Phi) is 5.68. The number of hydrogen-bond acceptors (Lipinski definition) is 2. The summed E-state index contributed by atoms with van der Waals surface area (Å²) < 4.78 is 0.720. The van der Waals surface area contributed by atoms with Gasteiger partial charge < -0.3 is 11.1 Å². The van der Waals surface area contributed by atoms with Crippen molar-refractivity contribution in [3.63, 3.8) is 0 Å². The van der Waals surface area contributed by atoms with Crippen LogP contribution in [0.1, 0.15) is 30.1 Å². The van der Waals surface area contributed by atoms with E-state index in [1.165, 1.54) is 0 Å². The maximum absolute atomic E-state index is 12.3. The van der Waals surface area contributed by atoms with Gasteiger partial charge in [-0.15, -0.1) is 12.4 Å². The molecule has 19 heavy (non-hydrogen) atoms. The standard InChI is InChI=1S/C13H16BrClN2O.ClH/c1-13(7-16,8-5-6-8)17-12(18)9-3-2-4-10(14)11(9)15;/h2-4,8H,5-7,16H2,1H3,(H,17,18);1H. The Labute approximate surface area is 132 Å². The minimum Gasteiger partial charge on any atom is -0.345 e. The number of nitrogens with one attached hydrogen (secondary N) is 1. The predicted octanol–water partition coefficient (Wildman–Crippen LogP) is 3.38. The molecular weight excluding hydrogens is 351 g/mol. The molecule has 1 aromatic carbocycles. The molecule has 1 fully saturated rings. The molecule has 0 bridgehead atoms. The summed E-state index contributed by atoms with van der Waals surface area (Å²) >= 11 is 9.43. The number of benzene rings is 1. The zero-order valence-corrected chi connectivity index (χ0v) is 13.7. The minimum absolute atomic E-state index is 0. The number of carbonyl (C=O) groups excluding carboxylic acids is 1. The van der Waals surface area contributed by atoms with Crippen LogP contribution < -0.4 is 11.1 Å². The van der Waals surface area contributed by atoms with Crippen molar-refractivity contribution in [1.29, 1.82) is 0 Å². The third kappa shape index (κ3) is 3.63. The molecule has 1 aliphatic rings. The fourth-order valence-corrected chi connectivity index (χ4v) is 2.62. The van der Waals surface area contributed by atoms with Gasteiger partial charge in [0.05, 0.1) is 16.1 Å². The molecule has 0 heterocycles. The van der Waals surface area contributed by atoms with Crippen molar-refractivity contribution in [2.75, 3.05) is 6.54 Å². The van der Waals surface area contributed by atoms with E-state index < -0.39 is 0 Å². The van der Waals surface area contributed by atoms with Crippen LogP contribution in [0.3, 0.4) is 0 Å². The van der Waals surface area contributed by atoms with Gasteiger partial charge in [0.25, 0.3) is 5.91 Å². The number of halogens is 3. The summed E-state index contributed by atoms with van der Waals surface area (Å²) in [4.78, 5) is 12.3. The summed E-state index contributed by atoms with van der Waals surface area (Å²) in [5.41, 5.74) is 5.93. The Balaban J connectivity index is 0.00000180. The van der Waals surface area contributed by atoms with Crippen LogP contribution in [-0.4, -0.2) is 18.0 Å². The van der Waals surface area contributed by atoms with Gasteiger partial charge in [-0.3, -0.25) is 4.79 Å². The van der Waals surface area contributed by atoms with Gasteiger partial charge in [-0.1, -0.05) is 17.7 Å². The van der Waals surface area contributed by atoms with E-state index in [-0.39, 0.29) is 23.9 Å². The van der Waals surface area contributed by atoms with Crippen LogP contribution in [0.2, 0.25) is 5.02 Å². The first kappa shape index (κ1) is 16.8. The third-order valence-corrected chi connectivity index (χ3v) is 4.79. The molecule has 1 atom stereocenters. The average Bonchev–Trinajstić information content (AvgIpc) is 3.16. The molecule has 1 amide bonds. The minimum atomic E-state index is -0.331. The molecule has 3 N–H and O–H groups in total. The van der Waals surface area contributed by atoms with Crippen molar-refractivity contribution in [3.8, 4) is 0 Å². The maximum atomic E-state index is 12.3. The SMILES string of the molecule is CC(CN)(NC(=O)c1cccc(Br)c1Cl)C1CC1.Cl. The van der Waals surface area contributed by atoms with E-state index in [1.807, 2.05) is 13.0 Å².